The lowest BCUT2D eigenvalue weighted by molar-refractivity contribution is -0.258. The van der Waals surface area contributed by atoms with E-state index in [2.05, 4.69) is 10.3 Å². The Morgan fingerprint density at radius 2 is 2.00 bits per heavy atom. The molecule has 2 heterocycles. The van der Waals surface area contributed by atoms with E-state index in [-0.39, 0.29) is 11.9 Å². The van der Waals surface area contributed by atoms with Crippen molar-refractivity contribution in [1.29, 1.82) is 0 Å². The predicted octanol–water partition coefficient (Wildman–Crippen LogP) is 1.89. The molecule has 21 heavy (non-hydrogen) atoms. The highest BCUT2D eigenvalue weighted by Crippen LogP contribution is 2.58. The second kappa shape index (κ2) is 4.45. The zero-order valence-electron chi connectivity index (χ0n) is 11.8. The maximum atomic E-state index is 13.1. The van der Waals surface area contributed by atoms with E-state index < -0.39 is 23.4 Å². The zero-order valence-corrected chi connectivity index (χ0v) is 11.8. The number of amides is 1. The van der Waals surface area contributed by atoms with Crippen LogP contribution < -0.4 is 0 Å². The van der Waals surface area contributed by atoms with E-state index in [1.165, 1.54) is 4.90 Å². The van der Waals surface area contributed by atoms with Crippen LogP contribution in [-0.2, 0) is 4.79 Å². The molecule has 1 amide bonds. The van der Waals surface area contributed by atoms with Crippen LogP contribution in [0.25, 0.3) is 0 Å². The minimum Gasteiger partial charge on any atom is -0.338 e. The molecule has 1 aromatic rings. The molecule has 0 spiro atoms. The molecule has 2 aliphatic rings. The van der Waals surface area contributed by atoms with E-state index >= 15 is 0 Å². The van der Waals surface area contributed by atoms with Crippen LogP contribution in [0.2, 0.25) is 0 Å². The van der Waals surface area contributed by atoms with Crippen molar-refractivity contribution < 1.29 is 18.0 Å². The molecule has 5 nitrogen and oxygen atoms in total. The summed E-state index contributed by atoms with van der Waals surface area (Å²) in [5, 5.41) is 7.52. The maximum Gasteiger partial charge on any atom is 0.393 e. The SMILES string of the molecule is CC1(C)CC(C(=O)N2CC(n3ccnn3)C2)C1C(F)(F)F. The van der Waals surface area contributed by atoms with E-state index in [1.54, 1.807) is 30.9 Å². The number of aromatic nitrogens is 3. The van der Waals surface area contributed by atoms with Crippen LogP contribution in [0.15, 0.2) is 12.4 Å². The van der Waals surface area contributed by atoms with Crippen LogP contribution in [0, 0.1) is 17.3 Å². The van der Waals surface area contributed by atoms with Gasteiger partial charge in [-0.25, -0.2) is 4.68 Å². The van der Waals surface area contributed by atoms with Gasteiger partial charge in [-0.15, -0.1) is 5.10 Å². The Labute approximate surface area is 120 Å². The predicted molar refractivity (Wildman–Crippen MR) is 67.1 cm³/mol. The molecule has 2 fully saturated rings. The molecule has 1 saturated carbocycles. The smallest absolute Gasteiger partial charge is 0.338 e. The van der Waals surface area contributed by atoms with Gasteiger partial charge >= 0.3 is 6.18 Å². The number of halogens is 3. The number of likely N-dealkylation sites (tertiary alicyclic amines) is 1. The van der Waals surface area contributed by atoms with Gasteiger partial charge in [-0.3, -0.25) is 4.79 Å². The quantitative estimate of drug-likeness (QED) is 0.838. The zero-order chi connectivity index (χ0) is 15.4. The summed E-state index contributed by atoms with van der Waals surface area (Å²) in [4.78, 5) is 13.7. The molecule has 2 atom stereocenters. The summed E-state index contributed by atoms with van der Waals surface area (Å²) >= 11 is 0. The molecule has 1 aromatic heterocycles. The summed E-state index contributed by atoms with van der Waals surface area (Å²) in [6, 6.07) is 0.0221. The first-order valence-corrected chi connectivity index (χ1v) is 6.91. The lowest BCUT2D eigenvalue weighted by Gasteiger charge is -2.53. The molecule has 3 rings (SSSR count). The maximum absolute atomic E-state index is 13.1. The third kappa shape index (κ3) is 2.30. The van der Waals surface area contributed by atoms with Crippen molar-refractivity contribution in [2.75, 3.05) is 13.1 Å². The highest BCUT2D eigenvalue weighted by molar-refractivity contribution is 5.81. The summed E-state index contributed by atoms with van der Waals surface area (Å²) in [7, 11) is 0. The Bertz CT molecular complexity index is 524. The second-order valence-corrected chi connectivity index (χ2v) is 6.60. The molecule has 8 heteroatoms. The average Bonchev–Trinajstić information content (AvgIpc) is 2.74. The van der Waals surface area contributed by atoms with Gasteiger partial charge in [0.2, 0.25) is 5.91 Å². The Morgan fingerprint density at radius 3 is 2.48 bits per heavy atom. The Hall–Kier alpha value is -1.60. The van der Waals surface area contributed by atoms with Crippen molar-refractivity contribution in [3.63, 3.8) is 0 Å². The molecule has 1 saturated heterocycles. The lowest BCUT2D eigenvalue weighted by Crippen LogP contribution is -2.61. The van der Waals surface area contributed by atoms with Crippen molar-refractivity contribution in [3.8, 4) is 0 Å². The number of hydrogen-bond donors (Lipinski definition) is 0. The Balaban J connectivity index is 1.63. The van der Waals surface area contributed by atoms with E-state index in [1.807, 2.05) is 0 Å². The van der Waals surface area contributed by atoms with E-state index in [0.717, 1.165) is 0 Å². The minimum atomic E-state index is -4.32. The molecular formula is C13H17F3N4O. The van der Waals surface area contributed by atoms with Crippen LogP contribution in [0.3, 0.4) is 0 Å². The average molecular weight is 302 g/mol. The third-order valence-corrected chi connectivity index (χ3v) is 4.65. The van der Waals surface area contributed by atoms with Gasteiger partial charge < -0.3 is 4.90 Å². The summed E-state index contributed by atoms with van der Waals surface area (Å²) in [5.41, 5.74) is -0.852. The molecule has 1 aliphatic heterocycles. The summed E-state index contributed by atoms with van der Waals surface area (Å²) in [6.45, 7) is 3.96. The Morgan fingerprint density at radius 1 is 1.33 bits per heavy atom. The summed E-state index contributed by atoms with van der Waals surface area (Å²) in [5.74, 6) is -2.85. The van der Waals surface area contributed by atoms with Crippen molar-refractivity contribution in [3.05, 3.63) is 12.4 Å². The fourth-order valence-electron chi connectivity index (χ4n) is 3.55. The highest BCUT2D eigenvalue weighted by atomic mass is 19.4. The number of hydrogen-bond acceptors (Lipinski definition) is 3. The summed E-state index contributed by atoms with van der Waals surface area (Å²) in [6.07, 6.45) is -0.797. The van der Waals surface area contributed by atoms with Gasteiger partial charge in [0.1, 0.15) is 0 Å². The Kier molecular flexibility index (Phi) is 3.04. The van der Waals surface area contributed by atoms with Crippen molar-refractivity contribution in [2.45, 2.75) is 32.5 Å². The van der Waals surface area contributed by atoms with Crippen LogP contribution in [0.4, 0.5) is 13.2 Å². The highest BCUT2D eigenvalue weighted by Gasteiger charge is 2.63. The molecule has 1 aliphatic carbocycles. The number of nitrogens with zero attached hydrogens (tertiary/aromatic N) is 4. The van der Waals surface area contributed by atoms with Crippen LogP contribution in [0.5, 0.6) is 0 Å². The standard InChI is InChI=1S/C13H17F3N4O/c1-12(2)5-9(10(12)13(14,15)16)11(21)19-6-8(7-19)20-4-3-17-18-20/h3-4,8-10H,5-7H2,1-2H3. The largest absolute Gasteiger partial charge is 0.393 e. The number of alkyl halides is 3. The topological polar surface area (TPSA) is 51.0 Å². The van der Waals surface area contributed by atoms with Crippen molar-refractivity contribution >= 4 is 5.91 Å². The molecule has 0 bridgehead atoms. The molecule has 0 N–H and O–H groups in total. The van der Waals surface area contributed by atoms with Crippen molar-refractivity contribution in [1.82, 2.24) is 19.9 Å². The van der Waals surface area contributed by atoms with Gasteiger partial charge in [-0.1, -0.05) is 19.1 Å². The molecule has 116 valence electrons. The number of carbonyl (C=O) groups is 1. The number of rotatable bonds is 2. The van der Waals surface area contributed by atoms with Gasteiger partial charge in [-0.2, -0.15) is 13.2 Å². The minimum absolute atomic E-state index is 0.0221. The van der Waals surface area contributed by atoms with Crippen LogP contribution >= 0.6 is 0 Å². The van der Waals surface area contributed by atoms with E-state index in [9.17, 15) is 18.0 Å². The fraction of sp³-hybridized carbons (Fsp3) is 0.769. The van der Waals surface area contributed by atoms with Gasteiger partial charge in [-0.05, 0) is 11.8 Å². The molecule has 0 radical (unpaired) electrons. The second-order valence-electron chi connectivity index (χ2n) is 6.60. The summed E-state index contributed by atoms with van der Waals surface area (Å²) < 4.78 is 40.9. The number of carbonyl (C=O) groups excluding carboxylic acids is 1. The van der Waals surface area contributed by atoms with E-state index in [4.69, 9.17) is 0 Å². The molecule has 2 unspecified atom stereocenters. The van der Waals surface area contributed by atoms with Gasteiger partial charge in [0.25, 0.3) is 0 Å². The monoisotopic (exact) mass is 302 g/mol. The normalized spacial score (nSPS) is 28.9. The first-order chi connectivity index (χ1) is 9.70. The van der Waals surface area contributed by atoms with Gasteiger partial charge in [0, 0.05) is 19.3 Å². The van der Waals surface area contributed by atoms with E-state index in [0.29, 0.717) is 19.5 Å². The first kappa shape index (κ1) is 14.3. The fourth-order valence-corrected chi connectivity index (χ4v) is 3.55. The van der Waals surface area contributed by atoms with Gasteiger partial charge in [0.15, 0.2) is 0 Å². The molecule has 0 aromatic carbocycles. The third-order valence-electron chi connectivity index (χ3n) is 4.65. The van der Waals surface area contributed by atoms with Crippen LogP contribution in [-0.4, -0.2) is 45.1 Å². The molecular weight excluding hydrogens is 285 g/mol. The van der Waals surface area contributed by atoms with Crippen molar-refractivity contribution in [2.24, 2.45) is 17.3 Å². The van der Waals surface area contributed by atoms with Crippen LogP contribution in [0.1, 0.15) is 26.3 Å². The first-order valence-electron chi connectivity index (χ1n) is 6.91. The lowest BCUT2D eigenvalue weighted by atomic mass is 9.54. The van der Waals surface area contributed by atoms with Gasteiger partial charge in [0.05, 0.1) is 24.1 Å².